The van der Waals surface area contributed by atoms with Gasteiger partial charge in [0.25, 0.3) is 0 Å². The van der Waals surface area contributed by atoms with Gasteiger partial charge >= 0.3 is 0 Å². The number of rotatable bonds is 50. The number of carbonyl (C=O) groups is 2. The summed E-state index contributed by atoms with van der Waals surface area (Å²) < 4.78 is 2.30. The lowest BCUT2D eigenvalue weighted by Gasteiger charge is -2.17. The molecule has 0 N–H and O–H groups in total. The van der Waals surface area contributed by atoms with Gasteiger partial charge in [-0.05, 0) is 116 Å². The maximum atomic E-state index is 13.9. The molecule has 8 heteroatoms. The van der Waals surface area contributed by atoms with Crippen LogP contribution in [0.2, 0.25) is 0 Å². The maximum absolute atomic E-state index is 13.9. The van der Waals surface area contributed by atoms with E-state index in [9.17, 15) is 9.59 Å². The number of fused-ring (bicyclic) bond motifs is 1. The number of thioether (sulfide) groups is 2. The van der Waals surface area contributed by atoms with Crippen LogP contribution in [0.5, 0.6) is 0 Å². The SMILES string of the molecule is CCCCCCCCCCCCC(CCCCCCCCCC)CCCc1cc(C2=C3SC(=O)C(c4cc(CCCC(CCCCCCCCCC)CCCCCCCCCCCC)c(Br)s4)=C3SC2=O)sc1Br. The number of aryl methyl sites for hydroxylation is 2. The summed E-state index contributed by atoms with van der Waals surface area (Å²) in [5.41, 5.74) is 4.15. The van der Waals surface area contributed by atoms with Crippen molar-refractivity contribution < 1.29 is 9.59 Å². The van der Waals surface area contributed by atoms with Gasteiger partial charge in [0.15, 0.2) is 0 Å². The minimum absolute atomic E-state index is 0.0931. The molecule has 0 amide bonds. The molecule has 422 valence electrons. The van der Waals surface area contributed by atoms with E-state index in [0.29, 0.717) is 0 Å². The fourth-order valence-corrected chi connectivity index (χ4v) is 18.0. The highest BCUT2D eigenvalue weighted by atomic mass is 79.9. The van der Waals surface area contributed by atoms with Crippen molar-refractivity contribution in [1.82, 2.24) is 0 Å². The Morgan fingerprint density at radius 1 is 0.338 bits per heavy atom. The van der Waals surface area contributed by atoms with E-state index in [2.05, 4.69) is 71.7 Å². The van der Waals surface area contributed by atoms with Crippen molar-refractivity contribution in [2.45, 2.75) is 323 Å². The first-order valence-corrected chi connectivity index (χ1v) is 36.7. The summed E-state index contributed by atoms with van der Waals surface area (Å²) in [6, 6.07) is 4.55. The van der Waals surface area contributed by atoms with Gasteiger partial charge in [-0.2, -0.15) is 0 Å². The van der Waals surface area contributed by atoms with Crippen LogP contribution in [0.15, 0.2) is 29.5 Å². The van der Waals surface area contributed by atoms with Crippen molar-refractivity contribution in [3.8, 4) is 0 Å². The highest BCUT2D eigenvalue weighted by Crippen LogP contribution is 2.58. The summed E-state index contributed by atoms with van der Waals surface area (Å²) in [7, 11) is 0. The smallest absolute Gasteiger partial charge is 0.226 e. The first-order chi connectivity index (χ1) is 36.3. The quantitative estimate of drug-likeness (QED) is 0.0618. The molecule has 0 spiro atoms. The Morgan fingerprint density at radius 3 is 0.824 bits per heavy atom. The average Bonchev–Trinajstić information content (AvgIpc) is 4.12. The zero-order chi connectivity index (χ0) is 52.9. The second-order valence-corrected chi connectivity index (χ2v) is 29.7. The number of hydrogen-bond acceptors (Lipinski definition) is 6. The Morgan fingerprint density at radius 2 is 0.568 bits per heavy atom. The van der Waals surface area contributed by atoms with E-state index in [-0.39, 0.29) is 10.2 Å². The summed E-state index contributed by atoms with van der Waals surface area (Å²) in [5.74, 6) is 1.65. The van der Waals surface area contributed by atoms with E-state index >= 15 is 0 Å². The molecule has 2 unspecified atom stereocenters. The van der Waals surface area contributed by atoms with E-state index in [4.69, 9.17) is 0 Å². The molecular weight excluding hydrogens is 1110 g/mol. The molecule has 0 aromatic carbocycles. The Labute approximate surface area is 490 Å². The highest BCUT2D eigenvalue weighted by Gasteiger charge is 2.42. The Bertz CT molecular complexity index is 1720. The first-order valence-electron chi connectivity index (χ1n) is 31.8. The summed E-state index contributed by atoms with van der Waals surface area (Å²) in [4.78, 5) is 31.6. The van der Waals surface area contributed by atoms with Gasteiger partial charge in [0, 0.05) is 19.6 Å². The molecule has 2 aliphatic heterocycles. The largest absolute Gasteiger partial charge is 0.281 e. The van der Waals surface area contributed by atoms with Crippen molar-refractivity contribution in [3.63, 3.8) is 0 Å². The normalized spacial score (nSPS) is 14.7. The van der Waals surface area contributed by atoms with Gasteiger partial charge in [-0.15, -0.1) is 22.7 Å². The molecule has 0 aliphatic carbocycles. The predicted octanol–water partition coefficient (Wildman–Crippen LogP) is 25.6. The molecule has 74 heavy (non-hydrogen) atoms. The van der Waals surface area contributed by atoms with Crippen LogP contribution in [-0.2, 0) is 22.4 Å². The van der Waals surface area contributed by atoms with Gasteiger partial charge < -0.3 is 0 Å². The number of carbonyl (C=O) groups excluding carboxylic acids is 2. The van der Waals surface area contributed by atoms with Gasteiger partial charge in [0.05, 0.1) is 18.7 Å². The summed E-state index contributed by atoms with van der Waals surface area (Å²) in [6.07, 6.45) is 63.0. The minimum atomic E-state index is 0.0931. The molecule has 4 heterocycles. The molecule has 0 fully saturated rings. The third-order valence-corrected chi connectivity index (χ3v) is 22.5. The van der Waals surface area contributed by atoms with Crippen LogP contribution in [-0.4, -0.2) is 10.2 Å². The van der Waals surface area contributed by atoms with Crippen molar-refractivity contribution in [2.75, 3.05) is 0 Å². The van der Waals surface area contributed by atoms with Crippen LogP contribution < -0.4 is 0 Å². The molecular formula is C66H108Br2O2S4. The predicted molar refractivity (Wildman–Crippen MR) is 343 cm³/mol. The standard InChI is InChI=1S/C66H108Br2O2S4/c1-5-9-13-17-21-25-27-31-35-39-45-53(43-37-33-29-23-19-15-11-7-3)47-41-49-55-51-57(71-63(55)67)59-61-62(74-65(59)69)60(66(70)73-61)58-52-56(64(68)72-58)50-42-48-54(44-38-34-30-24-20-16-12-8-4)46-40-36-32-28-26-22-18-14-10-6-2/h51-54H,5-50H2,1-4H3. The molecule has 0 saturated heterocycles. The number of hydrogen-bond donors (Lipinski definition) is 0. The third-order valence-electron chi connectivity index (χ3n) is 16.4. The van der Waals surface area contributed by atoms with Crippen LogP contribution >= 0.6 is 78.1 Å². The van der Waals surface area contributed by atoms with Crippen LogP contribution in [0, 0.1) is 11.8 Å². The molecule has 2 aromatic rings. The van der Waals surface area contributed by atoms with E-state index in [1.54, 1.807) is 22.7 Å². The molecule has 2 aliphatic rings. The van der Waals surface area contributed by atoms with Crippen molar-refractivity contribution in [1.29, 1.82) is 0 Å². The van der Waals surface area contributed by atoms with Crippen molar-refractivity contribution in [3.05, 3.63) is 50.4 Å². The monoisotopic (exact) mass is 1220 g/mol. The van der Waals surface area contributed by atoms with Gasteiger partial charge in [0.1, 0.15) is 0 Å². The van der Waals surface area contributed by atoms with E-state index < -0.39 is 0 Å². The summed E-state index contributed by atoms with van der Waals surface area (Å²) in [6.45, 7) is 9.23. The lowest BCUT2D eigenvalue weighted by atomic mass is 9.89. The van der Waals surface area contributed by atoms with Crippen LogP contribution in [0.3, 0.4) is 0 Å². The number of unbranched alkanes of at least 4 members (excludes halogenated alkanes) is 32. The Hall–Kier alpha value is -0.120. The van der Waals surface area contributed by atoms with Gasteiger partial charge in [0.2, 0.25) is 10.2 Å². The highest BCUT2D eigenvalue weighted by molar-refractivity contribution is 9.11. The second kappa shape index (κ2) is 42.7. The molecule has 0 radical (unpaired) electrons. The summed E-state index contributed by atoms with van der Waals surface area (Å²) >= 11 is 13.8. The van der Waals surface area contributed by atoms with E-state index in [1.807, 2.05) is 0 Å². The molecule has 0 saturated carbocycles. The molecule has 2 aromatic heterocycles. The topological polar surface area (TPSA) is 34.1 Å². The molecule has 0 bridgehead atoms. The molecule has 4 rings (SSSR count). The third kappa shape index (κ3) is 26.9. The first kappa shape index (κ1) is 66.4. The minimum Gasteiger partial charge on any atom is -0.281 e. The van der Waals surface area contributed by atoms with Gasteiger partial charge in [-0.25, -0.2) is 0 Å². The Balaban J connectivity index is 1.31. The van der Waals surface area contributed by atoms with Crippen LogP contribution in [0.1, 0.15) is 331 Å². The van der Waals surface area contributed by atoms with Crippen molar-refractivity contribution in [2.24, 2.45) is 11.8 Å². The van der Waals surface area contributed by atoms with Gasteiger partial charge in [-0.3, -0.25) is 9.59 Å². The van der Waals surface area contributed by atoms with E-state index in [1.165, 1.54) is 317 Å². The maximum Gasteiger partial charge on any atom is 0.226 e. The average molecular weight is 1220 g/mol. The number of thiophene rings is 2. The second-order valence-electron chi connectivity index (χ2n) is 23.0. The zero-order valence-corrected chi connectivity index (χ0v) is 54.5. The van der Waals surface area contributed by atoms with Crippen LogP contribution in [0.4, 0.5) is 0 Å². The molecule has 2 nitrogen and oxygen atoms in total. The Kier molecular flexibility index (Phi) is 38.3. The zero-order valence-electron chi connectivity index (χ0n) is 48.0. The van der Waals surface area contributed by atoms with E-state index in [0.717, 1.165) is 63.0 Å². The summed E-state index contributed by atoms with van der Waals surface area (Å²) in [5, 5.41) is 0.186. The number of halogens is 2. The van der Waals surface area contributed by atoms with Crippen molar-refractivity contribution >= 4 is 99.4 Å². The lowest BCUT2D eigenvalue weighted by Crippen LogP contribution is -2.02. The fraction of sp³-hybridized carbons (Fsp3) is 0.788. The lowest BCUT2D eigenvalue weighted by molar-refractivity contribution is -0.106. The van der Waals surface area contributed by atoms with Gasteiger partial charge in [-0.1, -0.05) is 297 Å². The molecule has 2 atom stereocenters. The fourth-order valence-electron chi connectivity index (χ4n) is 11.7. The van der Waals surface area contributed by atoms with Crippen LogP contribution in [0.25, 0.3) is 11.1 Å².